The quantitative estimate of drug-likeness (QED) is 0.259. The van der Waals surface area contributed by atoms with Crippen molar-refractivity contribution in [2.24, 2.45) is 11.3 Å². The van der Waals surface area contributed by atoms with Crippen LogP contribution in [0.5, 0.6) is 5.88 Å². The van der Waals surface area contributed by atoms with Crippen molar-refractivity contribution in [1.82, 2.24) is 9.88 Å². The van der Waals surface area contributed by atoms with Crippen LogP contribution >= 0.6 is 0 Å². The number of amides is 1. The molecule has 2 aliphatic rings. The summed E-state index contributed by atoms with van der Waals surface area (Å²) in [6.45, 7) is 5.45. The standard InChI is InChI=1S/C35H38F4N2O6/c1-34(2,3)27-29(33(43)44)41(32(42)26-11-7-8-16-46-26)28(25-10-6-5-9-24(25)20-12-14-23(36)15-13-20)30(27)47-19-21-17-22(35(37,38)39)18-40-31(21)45-4/h5-6,9-10,12-15,17-18,26-30H,7-8,11,16,19H2,1-4H3,(H,43,44)/t26-,27+,28-,29-,30-/m0/s1. The SMILES string of the molecule is COc1ncc(C(F)(F)F)cc1CO[C@H]1[C@H](C(C)(C)C)[C@@H](C(=O)O)N(C(=O)[C@@H]2CCCCO2)[C@H]1c1ccccc1-c1ccc(F)cc1. The molecule has 0 spiro atoms. The molecule has 2 aliphatic heterocycles. The molecule has 0 saturated carbocycles. The monoisotopic (exact) mass is 658 g/mol. The topological polar surface area (TPSA) is 98.2 Å². The number of halogens is 4. The van der Waals surface area contributed by atoms with E-state index in [0.29, 0.717) is 35.9 Å². The lowest BCUT2D eigenvalue weighted by Crippen LogP contribution is -2.51. The molecule has 0 unspecified atom stereocenters. The Balaban J connectivity index is 1.69. The van der Waals surface area contributed by atoms with Crippen molar-refractivity contribution in [2.75, 3.05) is 13.7 Å². The molecular formula is C35H38F4N2O6. The van der Waals surface area contributed by atoms with Gasteiger partial charge in [-0.15, -0.1) is 0 Å². The number of methoxy groups -OCH3 is 1. The Morgan fingerprint density at radius 1 is 1.06 bits per heavy atom. The second-order valence-electron chi connectivity index (χ2n) is 13.0. The van der Waals surface area contributed by atoms with Gasteiger partial charge in [0.25, 0.3) is 5.91 Å². The summed E-state index contributed by atoms with van der Waals surface area (Å²) in [6.07, 6.45) is -4.00. The normalized spacial score (nSPS) is 23.5. The predicted octanol–water partition coefficient (Wildman–Crippen LogP) is 7.07. The van der Waals surface area contributed by atoms with E-state index in [1.54, 1.807) is 36.4 Å². The number of carboxylic acid groups (broad SMARTS) is 1. The van der Waals surface area contributed by atoms with Gasteiger partial charge in [-0.05, 0) is 59.6 Å². The van der Waals surface area contributed by atoms with Crippen LogP contribution < -0.4 is 4.74 Å². The molecule has 3 heterocycles. The summed E-state index contributed by atoms with van der Waals surface area (Å²) in [5, 5.41) is 10.8. The third-order valence-corrected chi connectivity index (χ3v) is 8.88. The maximum atomic E-state index is 14.4. The Morgan fingerprint density at radius 3 is 2.36 bits per heavy atom. The number of carbonyl (C=O) groups excluding carboxylic acids is 1. The van der Waals surface area contributed by atoms with Gasteiger partial charge >= 0.3 is 12.1 Å². The fourth-order valence-corrected chi connectivity index (χ4v) is 6.79. The number of hydrogen-bond donors (Lipinski definition) is 1. The summed E-state index contributed by atoms with van der Waals surface area (Å²) in [6, 6.07) is 11.4. The van der Waals surface area contributed by atoms with Crippen molar-refractivity contribution in [1.29, 1.82) is 0 Å². The van der Waals surface area contributed by atoms with E-state index in [4.69, 9.17) is 14.2 Å². The number of carboxylic acids is 1. The van der Waals surface area contributed by atoms with Gasteiger partial charge in [0.2, 0.25) is 5.88 Å². The van der Waals surface area contributed by atoms with Gasteiger partial charge in [0, 0.05) is 24.3 Å². The number of benzene rings is 2. The van der Waals surface area contributed by atoms with Crippen LogP contribution in [0.4, 0.5) is 17.6 Å². The number of rotatable bonds is 8. The molecule has 1 aromatic heterocycles. The number of aliphatic carboxylic acids is 1. The number of hydrogen-bond acceptors (Lipinski definition) is 6. The summed E-state index contributed by atoms with van der Waals surface area (Å²) in [5.74, 6) is -3.10. The zero-order chi connectivity index (χ0) is 34.1. The van der Waals surface area contributed by atoms with Crippen LogP contribution in [0.3, 0.4) is 0 Å². The minimum Gasteiger partial charge on any atom is -0.481 e. The Hall–Kier alpha value is -4.03. The first-order valence-corrected chi connectivity index (χ1v) is 15.5. The van der Waals surface area contributed by atoms with Gasteiger partial charge in [-0.3, -0.25) is 4.79 Å². The van der Waals surface area contributed by atoms with Crippen LogP contribution in [-0.4, -0.2) is 58.8 Å². The molecule has 2 saturated heterocycles. The minimum atomic E-state index is -4.68. The second-order valence-corrected chi connectivity index (χ2v) is 13.0. The van der Waals surface area contributed by atoms with Gasteiger partial charge in [-0.2, -0.15) is 13.2 Å². The molecular weight excluding hydrogens is 620 g/mol. The van der Waals surface area contributed by atoms with Gasteiger partial charge in [0.05, 0.1) is 31.4 Å². The smallest absolute Gasteiger partial charge is 0.417 e. The molecule has 1 amide bonds. The molecule has 1 N–H and O–H groups in total. The third kappa shape index (κ3) is 7.13. The number of nitrogens with zero attached hydrogens (tertiary/aromatic N) is 2. The molecule has 0 radical (unpaired) electrons. The lowest BCUT2D eigenvalue weighted by atomic mass is 9.73. The van der Waals surface area contributed by atoms with Crippen molar-refractivity contribution in [2.45, 2.75) is 77.1 Å². The largest absolute Gasteiger partial charge is 0.481 e. The summed E-state index contributed by atoms with van der Waals surface area (Å²) in [5.41, 5.74) is 0.0224. The van der Waals surface area contributed by atoms with E-state index in [-0.39, 0.29) is 11.4 Å². The molecule has 3 aromatic rings. The molecule has 252 valence electrons. The Bertz CT molecular complexity index is 1580. The predicted molar refractivity (Wildman–Crippen MR) is 164 cm³/mol. The highest BCUT2D eigenvalue weighted by atomic mass is 19.4. The van der Waals surface area contributed by atoms with E-state index in [1.165, 1.54) is 24.1 Å². The molecule has 0 aliphatic carbocycles. The molecule has 5 atom stereocenters. The van der Waals surface area contributed by atoms with Gasteiger partial charge in [0.1, 0.15) is 18.0 Å². The summed E-state index contributed by atoms with van der Waals surface area (Å²) in [7, 11) is 1.28. The first kappa shape index (κ1) is 34.3. The maximum Gasteiger partial charge on any atom is 0.417 e. The Kier molecular flexibility index (Phi) is 9.93. The lowest BCUT2D eigenvalue weighted by Gasteiger charge is -2.35. The van der Waals surface area contributed by atoms with Crippen molar-refractivity contribution >= 4 is 11.9 Å². The van der Waals surface area contributed by atoms with E-state index in [0.717, 1.165) is 18.9 Å². The van der Waals surface area contributed by atoms with Gasteiger partial charge < -0.3 is 24.2 Å². The third-order valence-electron chi connectivity index (χ3n) is 8.88. The van der Waals surface area contributed by atoms with E-state index < -0.39 is 71.7 Å². The first-order valence-electron chi connectivity index (χ1n) is 15.5. The van der Waals surface area contributed by atoms with E-state index in [1.807, 2.05) is 20.8 Å². The summed E-state index contributed by atoms with van der Waals surface area (Å²) >= 11 is 0. The van der Waals surface area contributed by atoms with Crippen LogP contribution in [0.25, 0.3) is 11.1 Å². The van der Waals surface area contributed by atoms with Crippen LogP contribution in [0.2, 0.25) is 0 Å². The highest BCUT2D eigenvalue weighted by Gasteiger charge is 2.60. The number of aromatic nitrogens is 1. The van der Waals surface area contributed by atoms with Gasteiger partial charge in [-0.25, -0.2) is 14.2 Å². The molecule has 12 heteroatoms. The maximum absolute atomic E-state index is 14.4. The zero-order valence-corrected chi connectivity index (χ0v) is 26.6. The average Bonchev–Trinajstić information content (AvgIpc) is 3.39. The summed E-state index contributed by atoms with van der Waals surface area (Å²) in [4.78, 5) is 32.8. The highest BCUT2D eigenvalue weighted by molar-refractivity contribution is 5.88. The zero-order valence-electron chi connectivity index (χ0n) is 26.6. The van der Waals surface area contributed by atoms with Gasteiger partial charge in [-0.1, -0.05) is 57.2 Å². The number of alkyl halides is 3. The second kappa shape index (κ2) is 13.6. The van der Waals surface area contributed by atoms with E-state index in [2.05, 4.69) is 4.98 Å². The number of likely N-dealkylation sites (tertiary alicyclic amines) is 1. The Labute approximate surface area is 270 Å². The minimum absolute atomic E-state index is 0.00724. The van der Waals surface area contributed by atoms with Crippen molar-refractivity contribution in [3.05, 3.63) is 83.3 Å². The molecule has 5 rings (SSSR count). The number of ether oxygens (including phenoxy) is 3. The number of carbonyl (C=O) groups is 2. The van der Waals surface area contributed by atoms with Gasteiger partial charge in [0.15, 0.2) is 0 Å². The average molecular weight is 659 g/mol. The summed E-state index contributed by atoms with van der Waals surface area (Å²) < 4.78 is 72.6. The molecule has 2 fully saturated rings. The fraction of sp³-hybridized carbons (Fsp3) is 0.457. The number of pyridine rings is 1. The lowest BCUT2D eigenvalue weighted by molar-refractivity contribution is -0.159. The van der Waals surface area contributed by atoms with Crippen LogP contribution in [0, 0.1) is 17.2 Å². The molecule has 2 aromatic carbocycles. The van der Waals surface area contributed by atoms with Crippen LogP contribution in [0.15, 0.2) is 60.8 Å². The fourth-order valence-electron chi connectivity index (χ4n) is 6.79. The van der Waals surface area contributed by atoms with E-state index in [9.17, 15) is 32.3 Å². The Morgan fingerprint density at radius 2 is 1.77 bits per heavy atom. The molecule has 0 bridgehead atoms. The van der Waals surface area contributed by atoms with E-state index >= 15 is 0 Å². The van der Waals surface area contributed by atoms with Crippen LogP contribution in [-0.2, 0) is 31.8 Å². The first-order chi connectivity index (χ1) is 22.2. The van der Waals surface area contributed by atoms with Crippen molar-refractivity contribution in [3.8, 4) is 17.0 Å². The highest BCUT2D eigenvalue weighted by Crippen LogP contribution is 2.52. The van der Waals surface area contributed by atoms with Crippen molar-refractivity contribution in [3.63, 3.8) is 0 Å². The molecule has 8 nitrogen and oxygen atoms in total. The molecule has 47 heavy (non-hydrogen) atoms. The van der Waals surface area contributed by atoms with Crippen molar-refractivity contribution < 1.29 is 46.5 Å². The van der Waals surface area contributed by atoms with Crippen LogP contribution in [0.1, 0.15) is 62.8 Å².